The van der Waals surface area contributed by atoms with Crippen LogP contribution in [0.4, 0.5) is 8.78 Å². The molecule has 3 aromatic carbocycles. The van der Waals surface area contributed by atoms with Crippen LogP contribution < -0.4 is 5.56 Å². The third kappa shape index (κ3) is 3.96. The minimum absolute atomic E-state index is 0.124. The van der Waals surface area contributed by atoms with Crippen molar-refractivity contribution in [2.75, 3.05) is 0 Å². The summed E-state index contributed by atoms with van der Waals surface area (Å²) in [6.45, 7) is 1.91. The van der Waals surface area contributed by atoms with Crippen LogP contribution in [0.15, 0.2) is 88.9 Å². The predicted molar refractivity (Wildman–Crippen MR) is 128 cm³/mol. The van der Waals surface area contributed by atoms with Crippen LogP contribution in [-0.4, -0.2) is 14.5 Å². The molecular weight excluding hydrogens is 440 g/mol. The molecule has 0 atom stereocenters. The molecule has 0 unspecified atom stereocenters. The number of nitrogens with zero attached hydrogens (tertiary/aromatic N) is 2. The molecule has 0 fully saturated rings. The third-order valence-electron chi connectivity index (χ3n) is 5.47. The van der Waals surface area contributed by atoms with Crippen LogP contribution in [0, 0.1) is 18.6 Å². The van der Waals surface area contributed by atoms with Gasteiger partial charge in [-0.05, 0) is 42.3 Å². The van der Waals surface area contributed by atoms with Crippen molar-refractivity contribution in [3.8, 4) is 16.8 Å². The first-order valence-electron chi connectivity index (χ1n) is 10.3. The lowest BCUT2D eigenvalue weighted by Crippen LogP contribution is -2.22. The quantitative estimate of drug-likeness (QED) is 0.249. The maximum Gasteiger partial charge on any atom is 0.283 e. The zero-order valence-corrected chi connectivity index (χ0v) is 18.5. The number of aromatic amines is 1. The fourth-order valence-corrected chi connectivity index (χ4v) is 4.77. The highest BCUT2D eigenvalue weighted by molar-refractivity contribution is 7.98. The lowest BCUT2D eigenvalue weighted by molar-refractivity contribution is 0.591. The Bertz CT molecular complexity index is 1530. The summed E-state index contributed by atoms with van der Waals surface area (Å²) in [5, 5.41) is 0.405. The Kier molecular flexibility index (Phi) is 5.56. The molecule has 164 valence electrons. The van der Waals surface area contributed by atoms with Gasteiger partial charge in [0.2, 0.25) is 0 Å². The van der Waals surface area contributed by atoms with Gasteiger partial charge < -0.3 is 4.98 Å². The molecule has 0 aliphatic rings. The molecule has 0 aliphatic carbocycles. The molecule has 7 heteroatoms. The maximum atomic E-state index is 14.3. The Balaban J connectivity index is 1.70. The Labute approximate surface area is 192 Å². The van der Waals surface area contributed by atoms with E-state index in [1.54, 1.807) is 6.20 Å². The number of thioether (sulfide) groups is 1. The molecule has 0 spiro atoms. The van der Waals surface area contributed by atoms with E-state index in [0.29, 0.717) is 21.9 Å². The van der Waals surface area contributed by atoms with Crippen LogP contribution in [0.3, 0.4) is 0 Å². The fraction of sp³-hybridized carbons (Fsp3) is 0.0769. The van der Waals surface area contributed by atoms with Crippen LogP contribution in [0.25, 0.3) is 27.8 Å². The fourth-order valence-electron chi connectivity index (χ4n) is 3.80. The summed E-state index contributed by atoms with van der Waals surface area (Å²) in [7, 11) is 0. The van der Waals surface area contributed by atoms with Crippen LogP contribution in [0.1, 0.15) is 11.1 Å². The number of fused-ring (bicyclic) bond motifs is 1. The second kappa shape index (κ2) is 8.67. The number of benzene rings is 3. The Morgan fingerprint density at radius 1 is 1.00 bits per heavy atom. The van der Waals surface area contributed by atoms with Crippen LogP contribution in [0.2, 0.25) is 0 Å². The van der Waals surface area contributed by atoms with E-state index in [9.17, 15) is 13.6 Å². The van der Waals surface area contributed by atoms with Gasteiger partial charge in [-0.2, -0.15) is 0 Å². The standard InChI is InChI=1S/C26H19F2N3OS/c1-16-7-5-6-10-22(16)31-25(32)24-23(20(14-29-24)17-8-3-2-4-9-17)30-26(31)33-15-18-13-19(27)11-12-21(18)28/h2-14,29H,15H2,1H3. The highest BCUT2D eigenvalue weighted by Gasteiger charge is 2.19. The predicted octanol–water partition coefficient (Wildman–Crippen LogP) is 6.26. The number of H-pyrrole nitrogens is 1. The first kappa shape index (κ1) is 21.2. The number of halogens is 2. The van der Waals surface area contributed by atoms with E-state index in [0.717, 1.165) is 28.8 Å². The van der Waals surface area contributed by atoms with Crippen molar-refractivity contribution in [1.29, 1.82) is 0 Å². The van der Waals surface area contributed by atoms with Gasteiger partial charge in [-0.3, -0.25) is 9.36 Å². The minimum atomic E-state index is -0.510. The molecule has 0 saturated heterocycles. The molecule has 0 amide bonds. The molecule has 2 aromatic heterocycles. The topological polar surface area (TPSA) is 50.7 Å². The summed E-state index contributed by atoms with van der Waals surface area (Å²) in [6, 6.07) is 20.5. The number of hydrogen-bond acceptors (Lipinski definition) is 3. The molecular formula is C26H19F2N3OS. The maximum absolute atomic E-state index is 14.3. The van der Waals surface area contributed by atoms with Gasteiger partial charge in [-0.25, -0.2) is 13.8 Å². The van der Waals surface area contributed by atoms with Crippen molar-refractivity contribution in [1.82, 2.24) is 14.5 Å². The van der Waals surface area contributed by atoms with Gasteiger partial charge in [0.1, 0.15) is 22.7 Å². The number of nitrogens with one attached hydrogen (secondary N) is 1. The van der Waals surface area contributed by atoms with Gasteiger partial charge in [-0.15, -0.1) is 0 Å². The second-order valence-electron chi connectivity index (χ2n) is 7.64. The van der Waals surface area contributed by atoms with Gasteiger partial charge in [0.05, 0.1) is 5.69 Å². The summed E-state index contributed by atoms with van der Waals surface area (Å²) in [4.78, 5) is 21.5. The first-order valence-corrected chi connectivity index (χ1v) is 11.3. The largest absolute Gasteiger partial charge is 0.355 e. The molecule has 5 rings (SSSR count). The van der Waals surface area contributed by atoms with Gasteiger partial charge in [0.15, 0.2) is 5.16 Å². The van der Waals surface area contributed by atoms with E-state index < -0.39 is 11.6 Å². The number of hydrogen-bond donors (Lipinski definition) is 1. The molecule has 33 heavy (non-hydrogen) atoms. The van der Waals surface area contributed by atoms with Gasteiger partial charge >= 0.3 is 0 Å². The molecule has 0 aliphatic heterocycles. The Hall–Kier alpha value is -3.71. The highest BCUT2D eigenvalue weighted by atomic mass is 32.2. The average Bonchev–Trinajstić information content (AvgIpc) is 3.25. The van der Waals surface area contributed by atoms with E-state index in [2.05, 4.69) is 4.98 Å². The number of para-hydroxylation sites is 1. The van der Waals surface area contributed by atoms with E-state index in [1.807, 2.05) is 61.5 Å². The van der Waals surface area contributed by atoms with E-state index in [1.165, 1.54) is 22.4 Å². The zero-order chi connectivity index (χ0) is 22.9. The molecule has 1 N–H and O–H groups in total. The number of rotatable bonds is 5. The second-order valence-corrected chi connectivity index (χ2v) is 8.58. The van der Waals surface area contributed by atoms with Gasteiger partial charge in [0.25, 0.3) is 5.56 Å². The molecule has 0 radical (unpaired) electrons. The summed E-state index contributed by atoms with van der Waals surface area (Å²) in [5.74, 6) is -0.886. The molecule has 4 nitrogen and oxygen atoms in total. The van der Waals surface area contributed by atoms with Gasteiger partial charge in [-0.1, -0.05) is 60.3 Å². The number of aromatic nitrogens is 3. The third-order valence-corrected chi connectivity index (χ3v) is 6.46. The van der Waals surface area contributed by atoms with Crippen molar-refractivity contribution < 1.29 is 8.78 Å². The molecule has 0 saturated carbocycles. The normalized spacial score (nSPS) is 11.2. The Morgan fingerprint density at radius 3 is 2.55 bits per heavy atom. The van der Waals surface area contributed by atoms with Gasteiger partial charge in [0, 0.05) is 23.1 Å². The summed E-state index contributed by atoms with van der Waals surface area (Å²) >= 11 is 1.19. The van der Waals surface area contributed by atoms with Crippen molar-refractivity contribution in [2.45, 2.75) is 17.8 Å². The summed E-state index contributed by atoms with van der Waals surface area (Å²) in [5.41, 5.74) is 4.21. The lowest BCUT2D eigenvalue weighted by Gasteiger charge is -2.14. The van der Waals surface area contributed by atoms with Crippen molar-refractivity contribution in [2.24, 2.45) is 0 Å². The smallest absolute Gasteiger partial charge is 0.283 e. The first-order chi connectivity index (χ1) is 16.0. The van der Waals surface area contributed by atoms with E-state index >= 15 is 0 Å². The van der Waals surface area contributed by atoms with Crippen molar-refractivity contribution in [3.05, 3.63) is 112 Å². The SMILES string of the molecule is Cc1ccccc1-n1c(SCc2cc(F)ccc2F)nc2c(-c3ccccc3)c[nH]c2c1=O. The highest BCUT2D eigenvalue weighted by Crippen LogP contribution is 2.31. The Morgan fingerprint density at radius 2 is 1.76 bits per heavy atom. The van der Waals surface area contributed by atoms with Crippen molar-refractivity contribution in [3.63, 3.8) is 0 Å². The molecule has 0 bridgehead atoms. The van der Waals surface area contributed by atoms with Crippen LogP contribution >= 0.6 is 11.8 Å². The average molecular weight is 460 g/mol. The van der Waals surface area contributed by atoms with E-state index in [-0.39, 0.29) is 16.9 Å². The number of aryl methyl sites for hydroxylation is 1. The van der Waals surface area contributed by atoms with Crippen LogP contribution in [0.5, 0.6) is 0 Å². The van der Waals surface area contributed by atoms with Crippen molar-refractivity contribution >= 4 is 22.8 Å². The van der Waals surface area contributed by atoms with E-state index in [4.69, 9.17) is 4.98 Å². The minimum Gasteiger partial charge on any atom is -0.355 e. The monoisotopic (exact) mass is 459 g/mol. The van der Waals surface area contributed by atoms with Crippen LogP contribution in [-0.2, 0) is 5.75 Å². The molecule has 2 heterocycles. The lowest BCUT2D eigenvalue weighted by atomic mass is 10.1. The summed E-state index contributed by atoms with van der Waals surface area (Å²) < 4.78 is 29.5. The summed E-state index contributed by atoms with van der Waals surface area (Å²) in [6.07, 6.45) is 1.78. The zero-order valence-electron chi connectivity index (χ0n) is 17.7. The molecule has 5 aromatic rings.